The van der Waals surface area contributed by atoms with Crippen molar-refractivity contribution in [3.05, 3.63) is 17.5 Å². The Bertz CT molecular complexity index is 362. The maximum atomic E-state index is 5.15. The number of likely N-dealkylation sites (tertiary alicyclic amines) is 1. The van der Waals surface area contributed by atoms with Crippen molar-refractivity contribution >= 4 is 0 Å². The summed E-state index contributed by atoms with van der Waals surface area (Å²) in [4.78, 5) is 2.54. The first-order chi connectivity index (χ1) is 8.65. The molecule has 0 saturated carbocycles. The topological polar surface area (TPSA) is 41.3 Å². The van der Waals surface area contributed by atoms with Crippen LogP contribution in [-0.2, 0) is 6.54 Å². The highest BCUT2D eigenvalue weighted by Gasteiger charge is 2.23. The van der Waals surface area contributed by atoms with Crippen LogP contribution in [0.2, 0.25) is 0 Å². The van der Waals surface area contributed by atoms with E-state index >= 15 is 0 Å². The fourth-order valence-corrected chi connectivity index (χ4v) is 2.57. The Morgan fingerprint density at radius 3 is 3.00 bits per heavy atom. The zero-order valence-electron chi connectivity index (χ0n) is 11.8. The molecule has 0 spiro atoms. The average Bonchev–Trinajstić information content (AvgIpc) is 2.73. The molecule has 1 unspecified atom stereocenters. The first-order valence-corrected chi connectivity index (χ1v) is 7.05. The largest absolute Gasteiger partial charge is 0.361 e. The van der Waals surface area contributed by atoms with Crippen LogP contribution in [0, 0.1) is 6.92 Å². The van der Waals surface area contributed by atoms with Gasteiger partial charge in [0.15, 0.2) is 0 Å². The molecule has 2 rings (SSSR count). The van der Waals surface area contributed by atoms with E-state index in [9.17, 15) is 0 Å². The second-order valence-corrected chi connectivity index (χ2v) is 5.61. The molecule has 1 aromatic heterocycles. The Hall–Kier alpha value is -0.870. The minimum Gasteiger partial charge on any atom is -0.361 e. The van der Waals surface area contributed by atoms with Crippen LogP contribution in [0.4, 0.5) is 0 Å². The highest BCUT2D eigenvalue weighted by Crippen LogP contribution is 2.19. The van der Waals surface area contributed by atoms with E-state index in [0.717, 1.165) is 24.5 Å². The normalized spacial score (nSPS) is 21.7. The molecule has 1 fully saturated rings. The van der Waals surface area contributed by atoms with Crippen LogP contribution in [-0.4, -0.2) is 35.2 Å². The summed E-state index contributed by atoms with van der Waals surface area (Å²) in [5.41, 5.74) is 1.06. The first kappa shape index (κ1) is 13.6. The van der Waals surface area contributed by atoms with Gasteiger partial charge < -0.3 is 9.84 Å². The van der Waals surface area contributed by atoms with Gasteiger partial charge in [0, 0.05) is 31.2 Å². The van der Waals surface area contributed by atoms with Crippen molar-refractivity contribution in [1.82, 2.24) is 15.4 Å². The molecule has 1 aliphatic heterocycles. The second-order valence-electron chi connectivity index (χ2n) is 5.61. The zero-order valence-corrected chi connectivity index (χ0v) is 11.8. The fourth-order valence-electron chi connectivity index (χ4n) is 2.57. The third-order valence-corrected chi connectivity index (χ3v) is 3.55. The number of nitrogens with one attached hydrogen (secondary N) is 1. The van der Waals surface area contributed by atoms with Crippen molar-refractivity contribution in [3.63, 3.8) is 0 Å². The predicted molar refractivity (Wildman–Crippen MR) is 72.4 cm³/mol. The van der Waals surface area contributed by atoms with Crippen molar-refractivity contribution in [2.75, 3.05) is 13.1 Å². The van der Waals surface area contributed by atoms with Gasteiger partial charge in [0.25, 0.3) is 0 Å². The van der Waals surface area contributed by atoms with Gasteiger partial charge in [-0.3, -0.25) is 4.90 Å². The molecule has 4 nitrogen and oxygen atoms in total. The summed E-state index contributed by atoms with van der Waals surface area (Å²) in [5, 5.41) is 7.65. The molecule has 0 radical (unpaired) electrons. The Morgan fingerprint density at radius 1 is 1.50 bits per heavy atom. The molecule has 1 aliphatic rings. The van der Waals surface area contributed by atoms with Gasteiger partial charge in [-0.2, -0.15) is 0 Å². The van der Waals surface area contributed by atoms with E-state index < -0.39 is 0 Å². The molecule has 1 saturated heterocycles. The maximum absolute atomic E-state index is 5.15. The van der Waals surface area contributed by atoms with Crippen molar-refractivity contribution in [2.24, 2.45) is 0 Å². The van der Waals surface area contributed by atoms with E-state index in [4.69, 9.17) is 4.52 Å². The molecule has 1 atom stereocenters. The summed E-state index contributed by atoms with van der Waals surface area (Å²) in [5.74, 6) is 0.902. The van der Waals surface area contributed by atoms with Gasteiger partial charge >= 0.3 is 0 Å². The summed E-state index contributed by atoms with van der Waals surface area (Å²) in [7, 11) is 0. The number of aryl methyl sites for hydroxylation is 1. The van der Waals surface area contributed by atoms with Crippen LogP contribution >= 0.6 is 0 Å². The van der Waals surface area contributed by atoms with E-state index in [1.807, 2.05) is 13.0 Å². The van der Waals surface area contributed by atoms with E-state index in [2.05, 4.69) is 29.2 Å². The van der Waals surface area contributed by atoms with E-state index in [-0.39, 0.29) is 0 Å². The Labute approximate surface area is 110 Å². The predicted octanol–water partition coefficient (Wildman–Crippen LogP) is 2.34. The quantitative estimate of drug-likeness (QED) is 0.872. The van der Waals surface area contributed by atoms with Crippen LogP contribution in [0.1, 0.15) is 44.6 Å². The third-order valence-electron chi connectivity index (χ3n) is 3.55. The average molecular weight is 251 g/mol. The Morgan fingerprint density at radius 2 is 2.33 bits per heavy atom. The lowest BCUT2D eigenvalue weighted by molar-refractivity contribution is 0.132. The third kappa shape index (κ3) is 3.82. The molecule has 0 amide bonds. The molecule has 102 valence electrons. The Kier molecular flexibility index (Phi) is 4.78. The lowest BCUT2D eigenvalue weighted by Crippen LogP contribution is -2.46. The van der Waals surface area contributed by atoms with Crippen LogP contribution < -0.4 is 5.32 Å². The summed E-state index contributed by atoms with van der Waals surface area (Å²) < 4.78 is 5.15. The summed E-state index contributed by atoms with van der Waals surface area (Å²) >= 11 is 0. The Balaban J connectivity index is 1.90. The molecular weight excluding hydrogens is 226 g/mol. The minimum atomic E-state index is 0.558. The first-order valence-electron chi connectivity index (χ1n) is 7.05. The van der Waals surface area contributed by atoms with Gasteiger partial charge in [-0.1, -0.05) is 25.4 Å². The standard InChI is InChI=1S/C14H25N3O/c1-11(2)15-9-14-6-4-5-7-17(14)10-13-8-12(3)18-16-13/h8,11,14-15H,4-7,9-10H2,1-3H3. The van der Waals surface area contributed by atoms with E-state index in [1.165, 1.54) is 25.8 Å². The van der Waals surface area contributed by atoms with Gasteiger partial charge in [0.05, 0.1) is 5.69 Å². The summed E-state index contributed by atoms with van der Waals surface area (Å²) in [6, 6.07) is 3.24. The van der Waals surface area contributed by atoms with Gasteiger partial charge in [0.1, 0.15) is 5.76 Å². The summed E-state index contributed by atoms with van der Waals surface area (Å²) in [6.45, 7) is 9.53. The van der Waals surface area contributed by atoms with Gasteiger partial charge in [0.2, 0.25) is 0 Å². The van der Waals surface area contributed by atoms with Crippen LogP contribution in [0.25, 0.3) is 0 Å². The van der Waals surface area contributed by atoms with Crippen LogP contribution in [0.5, 0.6) is 0 Å². The molecule has 0 aromatic carbocycles. The van der Waals surface area contributed by atoms with Crippen molar-refractivity contribution in [2.45, 2.75) is 58.7 Å². The number of nitrogens with zero attached hydrogens (tertiary/aromatic N) is 2. The van der Waals surface area contributed by atoms with Crippen molar-refractivity contribution in [3.8, 4) is 0 Å². The number of hydrogen-bond acceptors (Lipinski definition) is 4. The highest BCUT2D eigenvalue weighted by molar-refractivity contribution is 5.04. The molecule has 4 heteroatoms. The lowest BCUT2D eigenvalue weighted by Gasteiger charge is -2.35. The molecule has 2 heterocycles. The lowest BCUT2D eigenvalue weighted by atomic mass is 10.0. The van der Waals surface area contributed by atoms with Gasteiger partial charge in [-0.25, -0.2) is 0 Å². The molecule has 1 N–H and O–H groups in total. The molecule has 0 aliphatic carbocycles. The van der Waals surface area contributed by atoms with Gasteiger partial charge in [-0.05, 0) is 26.3 Å². The minimum absolute atomic E-state index is 0.558. The second kappa shape index (κ2) is 6.34. The number of aromatic nitrogens is 1. The van der Waals surface area contributed by atoms with Gasteiger partial charge in [-0.15, -0.1) is 0 Å². The maximum Gasteiger partial charge on any atom is 0.133 e. The van der Waals surface area contributed by atoms with Crippen molar-refractivity contribution < 1.29 is 4.52 Å². The SMILES string of the molecule is Cc1cc(CN2CCCCC2CNC(C)C)no1. The molecule has 1 aromatic rings. The monoisotopic (exact) mass is 251 g/mol. The fraction of sp³-hybridized carbons (Fsp3) is 0.786. The highest BCUT2D eigenvalue weighted by atomic mass is 16.5. The van der Waals surface area contributed by atoms with Crippen LogP contribution in [0.3, 0.4) is 0 Å². The smallest absolute Gasteiger partial charge is 0.133 e. The summed E-state index contributed by atoms with van der Waals surface area (Å²) in [6.07, 6.45) is 3.93. The van der Waals surface area contributed by atoms with E-state index in [0.29, 0.717) is 12.1 Å². The molecule has 0 bridgehead atoms. The number of hydrogen-bond donors (Lipinski definition) is 1. The van der Waals surface area contributed by atoms with Crippen LogP contribution in [0.15, 0.2) is 10.6 Å². The molecule has 18 heavy (non-hydrogen) atoms. The number of rotatable bonds is 5. The van der Waals surface area contributed by atoms with E-state index in [1.54, 1.807) is 0 Å². The zero-order chi connectivity index (χ0) is 13.0. The van der Waals surface area contributed by atoms with Crippen molar-refractivity contribution in [1.29, 1.82) is 0 Å². The molecular formula is C14H25N3O. The number of piperidine rings is 1.